The second-order valence-corrected chi connectivity index (χ2v) is 4.07. The number of aldehydes is 2. The Balaban J connectivity index is 2.41. The summed E-state index contributed by atoms with van der Waals surface area (Å²) in [5.74, 6) is -0.644. The molecule has 0 aromatic carbocycles. The molecule has 2 heterocycles. The van der Waals surface area contributed by atoms with Crippen LogP contribution in [0.15, 0.2) is 17.4 Å². The summed E-state index contributed by atoms with van der Waals surface area (Å²) in [5.41, 5.74) is -0.00747. The zero-order chi connectivity index (χ0) is 13.8. The van der Waals surface area contributed by atoms with Gasteiger partial charge >= 0.3 is 0 Å². The summed E-state index contributed by atoms with van der Waals surface area (Å²) in [6.45, 7) is -0.339. The van der Waals surface area contributed by atoms with E-state index >= 15 is 0 Å². The molecular formula is C11H12N4O4. The van der Waals surface area contributed by atoms with E-state index in [2.05, 4.69) is 15.0 Å². The number of aliphatic hydroxyl groups excluding tert-OH is 1. The van der Waals surface area contributed by atoms with E-state index in [-0.39, 0.29) is 24.2 Å². The normalized spacial score (nSPS) is 14.2. The van der Waals surface area contributed by atoms with E-state index in [0.717, 1.165) is 0 Å². The number of imidazole rings is 1. The molecule has 0 bridgehead atoms. The molecule has 0 unspecified atom stereocenters. The lowest BCUT2D eigenvalue weighted by molar-refractivity contribution is -0.114. The molecule has 2 aromatic rings. The van der Waals surface area contributed by atoms with Crippen molar-refractivity contribution >= 4 is 23.7 Å². The van der Waals surface area contributed by atoms with Crippen LogP contribution in [0, 0.1) is 5.92 Å². The highest BCUT2D eigenvalue weighted by atomic mass is 16.3. The van der Waals surface area contributed by atoms with E-state index in [1.165, 1.54) is 17.2 Å². The molecule has 19 heavy (non-hydrogen) atoms. The van der Waals surface area contributed by atoms with Crippen LogP contribution in [0.5, 0.6) is 0 Å². The van der Waals surface area contributed by atoms with Crippen LogP contribution in [0.25, 0.3) is 11.2 Å². The predicted molar refractivity (Wildman–Crippen MR) is 64.5 cm³/mol. The molecule has 0 spiro atoms. The van der Waals surface area contributed by atoms with E-state index in [1.807, 2.05) is 0 Å². The molecule has 2 N–H and O–H groups in total. The number of rotatable bonds is 6. The highest BCUT2D eigenvalue weighted by Crippen LogP contribution is 2.18. The van der Waals surface area contributed by atoms with Crippen LogP contribution in [0.1, 0.15) is 12.5 Å². The summed E-state index contributed by atoms with van der Waals surface area (Å²) in [7, 11) is 0. The highest BCUT2D eigenvalue weighted by molar-refractivity contribution is 5.71. The van der Waals surface area contributed by atoms with Crippen molar-refractivity contribution in [1.82, 2.24) is 19.5 Å². The van der Waals surface area contributed by atoms with E-state index in [4.69, 9.17) is 5.11 Å². The fourth-order valence-corrected chi connectivity index (χ4v) is 1.82. The Morgan fingerprint density at radius 1 is 1.37 bits per heavy atom. The van der Waals surface area contributed by atoms with Gasteiger partial charge in [-0.2, -0.15) is 0 Å². The molecule has 0 amide bonds. The fraction of sp³-hybridized carbons (Fsp3) is 0.364. The molecule has 0 aliphatic heterocycles. The van der Waals surface area contributed by atoms with Crippen LogP contribution in [0.4, 0.5) is 0 Å². The number of aliphatic hydroxyl groups is 1. The van der Waals surface area contributed by atoms with Gasteiger partial charge in [0.1, 0.15) is 12.6 Å². The summed E-state index contributed by atoms with van der Waals surface area (Å²) in [5, 5.41) is 8.98. The van der Waals surface area contributed by atoms with Crippen molar-refractivity contribution in [1.29, 1.82) is 0 Å². The number of hydrogen-bond donors (Lipinski definition) is 2. The number of fused-ring (bicyclic) bond motifs is 1. The molecular weight excluding hydrogens is 252 g/mol. The summed E-state index contributed by atoms with van der Waals surface area (Å²) in [6.07, 6.45) is 3.90. The van der Waals surface area contributed by atoms with Crippen LogP contribution >= 0.6 is 0 Å². The summed E-state index contributed by atoms with van der Waals surface area (Å²) < 4.78 is 1.42. The minimum atomic E-state index is -0.707. The minimum absolute atomic E-state index is 0.126. The molecule has 2 atom stereocenters. The Labute approximate surface area is 107 Å². The number of H-pyrrole nitrogens is 1. The molecule has 0 saturated heterocycles. The molecule has 0 fully saturated rings. The van der Waals surface area contributed by atoms with Crippen molar-refractivity contribution in [3.63, 3.8) is 0 Å². The largest absolute Gasteiger partial charge is 0.396 e. The number of nitrogens with zero attached hydrogens (tertiary/aromatic N) is 3. The fourth-order valence-electron chi connectivity index (χ4n) is 1.82. The van der Waals surface area contributed by atoms with Crippen molar-refractivity contribution in [2.45, 2.75) is 12.5 Å². The van der Waals surface area contributed by atoms with E-state index in [9.17, 15) is 14.4 Å². The van der Waals surface area contributed by atoms with Gasteiger partial charge in [-0.3, -0.25) is 4.79 Å². The van der Waals surface area contributed by atoms with Gasteiger partial charge in [0.2, 0.25) is 0 Å². The van der Waals surface area contributed by atoms with Gasteiger partial charge < -0.3 is 24.2 Å². The Kier molecular flexibility index (Phi) is 3.81. The molecule has 100 valence electrons. The van der Waals surface area contributed by atoms with Gasteiger partial charge in [0.15, 0.2) is 11.2 Å². The SMILES string of the molecule is O=C[C@H](CO)C[C@H](C=O)n1cnc2c(=O)[nH]cnc21. The summed E-state index contributed by atoms with van der Waals surface area (Å²) in [6, 6.07) is -0.707. The van der Waals surface area contributed by atoms with Crippen molar-refractivity contribution in [3.05, 3.63) is 23.0 Å². The average Bonchev–Trinajstić information content (AvgIpc) is 2.86. The Bertz CT molecular complexity index is 647. The first-order valence-corrected chi connectivity index (χ1v) is 5.63. The summed E-state index contributed by atoms with van der Waals surface area (Å²) >= 11 is 0. The van der Waals surface area contributed by atoms with Gasteiger partial charge in [-0.15, -0.1) is 0 Å². The molecule has 0 radical (unpaired) electrons. The molecule has 2 aromatic heterocycles. The molecule has 0 aliphatic rings. The van der Waals surface area contributed by atoms with Gasteiger partial charge in [0, 0.05) is 5.92 Å². The standard InChI is InChI=1S/C11H12N4O4/c16-2-7(3-17)1-8(4-18)15-6-14-9-10(15)12-5-13-11(9)19/h2,4-8,17H,1,3H2,(H,12,13,19)/t7-,8-/m1/s1. The molecule has 8 heteroatoms. The third-order valence-corrected chi connectivity index (χ3v) is 2.85. The van der Waals surface area contributed by atoms with E-state index in [0.29, 0.717) is 12.6 Å². The quantitative estimate of drug-likeness (QED) is 0.650. The third-order valence-electron chi connectivity index (χ3n) is 2.85. The second kappa shape index (κ2) is 5.53. The number of nitrogens with one attached hydrogen (secondary N) is 1. The highest BCUT2D eigenvalue weighted by Gasteiger charge is 2.19. The molecule has 0 aliphatic carbocycles. The van der Waals surface area contributed by atoms with Crippen LogP contribution in [-0.4, -0.2) is 43.8 Å². The van der Waals surface area contributed by atoms with Crippen molar-refractivity contribution in [3.8, 4) is 0 Å². The summed E-state index contributed by atoms with van der Waals surface area (Å²) in [4.78, 5) is 43.6. The first-order valence-electron chi connectivity index (χ1n) is 5.63. The van der Waals surface area contributed by atoms with E-state index < -0.39 is 17.5 Å². The van der Waals surface area contributed by atoms with Gasteiger partial charge in [-0.1, -0.05) is 0 Å². The Morgan fingerprint density at radius 3 is 2.79 bits per heavy atom. The number of aromatic amines is 1. The minimum Gasteiger partial charge on any atom is -0.396 e. The van der Waals surface area contributed by atoms with Crippen molar-refractivity contribution < 1.29 is 14.7 Å². The smallest absolute Gasteiger partial charge is 0.278 e. The lowest BCUT2D eigenvalue weighted by atomic mass is 10.0. The molecule has 0 saturated carbocycles. The maximum atomic E-state index is 11.5. The van der Waals surface area contributed by atoms with Crippen LogP contribution in [-0.2, 0) is 9.59 Å². The first-order chi connectivity index (χ1) is 9.21. The number of carbonyl (C=O) groups is 2. The third kappa shape index (κ3) is 2.43. The second-order valence-electron chi connectivity index (χ2n) is 4.07. The van der Waals surface area contributed by atoms with Crippen LogP contribution in [0.2, 0.25) is 0 Å². The lowest BCUT2D eigenvalue weighted by Crippen LogP contribution is -2.18. The van der Waals surface area contributed by atoms with Gasteiger partial charge in [-0.05, 0) is 6.42 Å². The molecule has 8 nitrogen and oxygen atoms in total. The zero-order valence-electron chi connectivity index (χ0n) is 9.89. The number of aromatic nitrogens is 4. The first kappa shape index (κ1) is 13.1. The van der Waals surface area contributed by atoms with E-state index in [1.54, 1.807) is 0 Å². The molecule has 2 rings (SSSR count). The predicted octanol–water partition coefficient (Wildman–Crippen LogP) is -0.943. The van der Waals surface area contributed by atoms with Crippen molar-refractivity contribution in [2.24, 2.45) is 5.92 Å². The van der Waals surface area contributed by atoms with Crippen LogP contribution < -0.4 is 5.56 Å². The number of hydrogen-bond acceptors (Lipinski definition) is 6. The topological polar surface area (TPSA) is 118 Å². The zero-order valence-corrected chi connectivity index (χ0v) is 9.89. The maximum absolute atomic E-state index is 11.5. The Morgan fingerprint density at radius 2 is 2.16 bits per heavy atom. The van der Waals surface area contributed by atoms with Crippen LogP contribution in [0.3, 0.4) is 0 Å². The Hall–Kier alpha value is -2.35. The average molecular weight is 264 g/mol. The van der Waals surface area contributed by atoms with Gasteiger partial charge in [0.25, 0.3) is 5.56 Å². The van der Waals surface area contributed by atoms with Gasteiger partial charge in [0.05, 0.1) is 25.3 Å². The number of carbonyl (C=O) groups excluding carboxylic acids is 2. The lowest BCUT2D eigenvalue weighted by Gasteiger charge is -2.15. The maximum Gasteiger partial charge on any atom is 0.278 e. The van der Waals surface area contributed by atoms with Crippen molar-refractivity contribution in [2.75, 3.05) is 6.61 Å². The monoisotopic (exact) mass is 264 g/mol. The van der Waals surface area contributed by atoms with Gasteiger partial charge in [-0.25, -0.2) is 9.97 Å².